The Morgan fingerprint density at radius 1 is 1.20 bits per heavy atom. The van der Waals surface area contributed by atoms with Gasteiger partial charge in [0.1, 0.15) is 12.3 Å². The summed E-state index contributed by atoms with van der Waals surface area (Å²) >= 11 is 0. The minimum absolute atomic E-state index is 0.0458. The largest absolute Gasteiger partial charge is 0.497 e. The number of methoxy groups -OCH3 is 1. The Balaban J connectivity index is 2.94. The highest BCUT2D eigenvalue weighted by molar-refractivity contribution is 5.97. The molecule has 0 bridgehead atoms. The number of likely N-dealkylation sites (N-methyl/N-ethyl adjacent to an activating group) is 1. The van der Waals surface area contributed by atoms with Crippen LogP contribution in [0.5, 0.6) is 5.75 Å². The van der Waals surface area contributed by atoms with Gasteiger partial charge in [0.2, 0.25) is 11.8 Å². The van der Waals surface area contributed by atoms with Gasteiger partial charge < -0.3 is 14.5 Å². The van der Waals surface area contributed by atoms with Crippen LogP contribution in [0.25, 0.3) is 0 Å². The molecule has 20 heavy (non-hydrogen) atoms. The number of benzene rings is 1. The Kier molecular flexibility index (Phi) is 6.03. The van der Waals surface area contributed by atoms with Gasteiger partial charge >= 0.3 is 0 Å². The van der Waals surface area contributed by atoms with Crippen molar-refractivity contribution in [1.82, 2.24) is 4.90 Å². The molecule has 1 aromatic carbocycles. The van der Waals surface area contributed by atoms with Crippen molar-refractivity contribution in [1.29, 1.82) is 0 Å². The molecule has 5 nitrogen and oxygen atoms in total. The number of hydrogen-bond acceptors (Lipinski definition) is 3. The second-order valence-electron chi connectivity index (χ2n) is 4.37. The second kappa shape index (κ2) is 7.53. The van der Waals surface area contributed by atoms with Crippen molar-refractivity contribution in [3.8, 4) is 5.75 Å². The van der Waals surface area contributed by atoms with Gasteiger partial charge in [-0.05, 0) is 26.0 Å². The quantitative estimate of drug-likeness (QED) is 0.798. The molecule has 0 aliphatic carbocycles. The fraction of sp³-hybridized carbons (Fsp3) is 0.467. The van der Waals surface area contributed by atoms with Crippen LogP contribution in [-0.4, -0.2) is 43.5 Å². The van der Waals surface area contributed by atoms with E-state index in [0.29, 0.717) is 24.5 Å². The Bertz CT molecular complexity index is 470. The molecule has 0 spiro atoms. The zero-order valence-electron chi connectivity index (χ0n) is 12.5. The third kappa shape index (κ3) is 3.98. The summed E-state index contributed by atoms with van der Waals surface area (Å²) in [5.41, 5.74) is 0.664. The third-order valence-corrected chi connectivity index (χ3v) is 3.15. The summed E-state index contributed by atoms with van der Waals surface area (Å²) in [7, 11) is 1.57. The minimum Gasteiger partial charge on any atom is -0.497 e. The Morgan fingerprint density at radius 3 is 2.35 bits per heavy atom. The highest BCUT2D eigenvalue weighted by atomic mass is 16.5. The molecule has 0 heterocycles. The predicted molar refractivity (Wildman–Crippen MR) is 78.9 cm³/mol. The molecule has 0 saturated carbocycles. The normalized spacial score (nSPS) is 10.0. The van der Waals surface area contributed by atoms with E-state index in [1.54, 1.807) is 36.3 Å². The van der Waals surface area contributed by atoms with E-state index in [4.69, 9.17) is 4.74 Å². The lowest BCUT2D eigenvalue weighted by atomic mass is 10.2. The lowest BCUT2D eigenvalue weighted by molar-refractivity contribution is -0.130. The third-order valence-electron chi connectivity index (χ3n) is 3.15. The standard InChI is InChI=1S/C15H22N2O3/c1-5-16(6-2)15(19)11-17(12(3)18)13-8-7-9-14(10-13)20-4/h7-10H,5-6,11H2,1-4H3. The maximum absolute atomic E-state index is 12.1. The fourth-order valence-corrected chi connectivity index (χ4v) is 1.97. The van der Waals surface area contributed by atoms with Crippen LogP contribution in [0.1, 0.15) is 20.8 Å². The van der Waals surface area contributed by atoms with Gasteiger partial charge in [0, 0.05) is 31.8 Å². The molecular formula is C15H22N2O3. The van der Waals surface area contributed by atoms with Crippen molar-refractivity contribution in [3.63, 3.8) is 0 Å². The number of rotatable bonds is 6. The van der Waals surface area contributed by atoms with Gasteiger partial charge in [0.25, 0.3) is 0 Å². The molecule has 0 aliphatic heterocycles. The van der Waals surface area contributed by atoms with Crippen LogP contribution in [0.15, 0.2) is 24.3 Å². The number of carbonyl (C=O) groups is 2. The highest BCUT2D eigenvalue weighted by Crippen LogP contribution is 2.21. The Hall–Kier alpha value is -2.04. The number of amides is 2. The first-order chi connectivity index (χ1) is 9.53. The average Bonchev–Trinajstić information content (AvgIpc) is 2.45. The Morgan fingerprint density at radius 2 is 1.85 bits per heavy atom. The van der Waals surface area contributed by atoms with Crippen LogP contribution in [0.4, 0.5) is 5.69 Å². The summed E-state index contributed by atoms with van der Waals surface area (Å²) in [6.07, 6.45) is 0. The SMILES string of the molecule is CCN(CC)C(=O)CN(C(C)=O)c1cccc(OC)c1. The zero-order chi connectivity index (χ0) is 15.1. The summed E-state index contributed by atoms with van der Waals surface area (Å²) in [4.78, 5) is 27.1. The lowest BCUT2D eigenvalue weighted by Gasteiger charge is -2.25. The number of carbonyl (C=O) groups excluding carboxylic acids is 2. The van der Waals surface area contributed by atoms with Crippen molar-refractivity contribution >= 4 is 17.5 Å². The second-order valence-corrected chi connectivity index (χ2v) is 4.37. The van der Waals surface area contributed by atoms with Crippen LogP contribution in [0.2, 0.25) is 0 Å². The zero-order valence-corrected chi connectivity index (χ0v) is 12.5. The van der Waals surface area contributed by atoms with Gasteiger partial charge in [-0.1, -0.05) is 6.07 Å². The lowest BCUT2D eigenvalue weighted by Crippen LogP contribution is -2.42. The molecule has 0 aliphatic rings. The van der Waals surface area contributed by atoms with E-state index < -0.39 is 0 Å². The van der Waals surface area contributed by atoms with E-state index in [1.165, 1.54) is 11.8 Å². The van der Waals surface area contributed by atoms with Crippen molar-refractivity contribution in [2.75, 3.05) is 31.6 Å². The maximum Gasteiger partial charge on any atom is 0.242 e. The van der Waals surface area contributed by atoms with Gasteiger partial charge in [-0.3, -0.25) is 9.59 Å². The monoisotopic (exact) mass is 278 g/mol. The highest BCUT2D eigenvalue weighted by Gasteiger charge is 2.19. The molecule has 110 valence electrons. The molecule has 0 atom stereocenters. The Labute approximate surface area is 120 Å². The predicted octanol–water partition coefficient (Wildman–Crippen LogP) is 1.92. The van der Waals surface area contributed by atoms with E-state index in [-0.39, 0.29) is 18.4 Å². The summed E-state index contributed by atoms with van der Waals surface area (Å²) in [5, 5.41) is 0. The molecule has 1 aromatic rings. The van der Waals surface area contributed by atoms with Crippen LogP contribution in [-0.2, 0) is 9.59 Å². The number of anilines is 1. The van der Waals surface area contributed by atoms with Gasteiger partial charge in [-0.25, -0.2) is 0 Å². The molecule has 2 amide bonds. The average molecular weight is 278 g/mol. The first-order valence-electron chi connectivity index (χ1n) is 6.73. The summed E-state index contributed by atoms with van der Waals surface area (Å²) in [6.45, 7) is 6.62. The molecule has 0 fully saturated rings. The van der Waals surface area contributed by atoms with Crippen LogP contribution in [0, 0.1) is 0 Å². The molecule has 0 unspecified atom stereocenters. The van der Waals surface area contributed by atoms with Crippen molar-refractivity contribution < 1.29 is 14.3 Å². The summed E-state index contributed by atoms with van der Waals surface area (Å²) in [5.74, 6) is 0.427. The van der Waals surface area contributed by atoms with Crippen LogP contribution in [0.3, 0.4) is 0 Å². The van der Waals surface area contributed by atoms with E-state index in [1.807, 2.05) is 13.8 Å². The van der Waals surface area contributed by atoms with Gasteiger partial charge in [-0.2, -0.15) is 0 Å². The minimum atomic E-state index is -0.168. The summed E-state index contributed by atoms with van der Waals surface area (Å²) in [6, 6.07) is 7.14. The number of nitrogens with zero attached hydrogens (tertiary/aromatic N) is 2. The molecule has 0 radical (unpaired) electrons. The van der Waals surface area contributed by atoms with Gasteiger partial charge in [-0.15, -0.1) is 0 Å². The van der Waals surface area contributed by atoms with E-state index in [0.717, 1.165) is 0 Å². The van der Waals surface area contributed by atoms with Crippen molar-refractivity contribution in [2.45, 2.75) is 20.8 Å². The summed E-state index contributed by atoms with van der Waals surface area (Å²) < 4.78 is 5.15. The van der Waals surface area contributed by atoms with Crippen LogP contribution >= 0.6 is 0 Å². The van der Waals surface area contributed by atoms with Crippen LogP contribution < -0.4 is 9.64 Å². The van der Waals surface area contributed by atoms with Crippen molar-refractivity contribution in [2.24, 2.45) is 0 Å². The van der Waals surface area contributed by atoms with Gasteiger partial charge in [0.05, 0.1) is 7.11 Å². The van der Waals surface area contributed by atoms with Crippen molar-refractivity contribution in [3.05, 3.63) is 24.3 Å². The maximum atomic E-state index is 12.1. The smallest absolute Gasteiger partial charge is 0.242 e. The molecule has 0 N–H and O–H groups in total. The molecular weight excluding hydrogens is 256 g/mol. The topological polar surface area (TPSA) is 49.9 Å². The number of hydrogen-bond donors (Lipinski definition) is 0. The first kappa shape index (κ1) is 16.0. The molecule has 0 aromatic heterocycles. The van der Waals surface area contributed by atoms with Gasteiger partial charge in [0.15, 0.2) is 0 Å². The molecule has 0 saturated heterocycles. The van der Waals surface area contributed by atoms with E-state index in [9.17, 15) is 9.59 Å². The van der Waals surface area contributed by atoms with E-state index >= 15 is 0 Å². The molecule has 1 rings (SSSR count). The first-order valence-corrected chi connectivity index (χ1v) is 6.73. The fourth-order valence-electron chi connectivity index (χ4n) is 1.97. The molecule has 5 heteroatoms. The van der Waals surface area contributed by atoms with E-state index in [2.05, 4.69) is 0 Å². The number of ether oxygens (including phenoxy) is 1.